The van der Waals surface area contributed by atoms with Crippen molar-refractivity contribution in [2.45, 2.75) is 92.2 Å². The Balaban J connectivity index is 0.000000233. The number of carbonyl (C=O) groups excluding carboxylic acids is 2. The van der Waals surface area contributed by atoms with Crippen LogP contribution in [0.2, 0.25) is 15.6 Å². The molecule has 2 saturated carbocycles. The molecule has 0 atom stereocenters. The average molecular weight is 950 g/mol. The molecular formula is C46H59Cl3N12O4. The first-order chi connectivity index (χ1) is 30.6. The van der Waals surface area contributed by atoms with Crippen LogP contribution in [-0.2, 0) is 9.47 Å². The Bertz CT molecular complexity index is 2400. The summed E-state index contributed by atoms with van der Waals surface area (Å²) in [6.45, 7) is 5.78. The van der Waals surface area contributed by atoms with E-state index in [-0.39, 0.29) is 20.1 Å². The summed E-state index contributed by atoms with van der Waals surface area (Å²) < 4.78 is 9.65. The Morgan fingerprint density at radius 3 is 1.48 bits per heavy atom. The number of aromatic nitrogens is 8. The Morgan fingerprint density at radius 1 is 0.615 bits per heavy atom. The molecule has 6 aromatic heterocycles. The predicted molar refractivity (Wildman–Crippen MR) is 260 cm³/mol. The van der Waals surface area contributed by atoms with Crippen molar-refractivity contribution in [1.29, 1.82) is 0 Å². The lowest BCUT2D eigenvalue weighted by atomic mass is 9.86. The van der Waals surface area contributed by atoms with Gasteiger partial charge in [-0.15, -0.1) is 0 Å². The molecule has 0 aromatic carbocycles. The molecule has 5 N–H and O–H groups in total. The highest BCUT2D eigenvalue weighted by Gasteiger charge is 2.23. The second-order valence-corrected chi connectivity index (χ2v) is 16.1. The van der Waals surface area contributed by atoms with E-state index in [0.717, 1.165) is 85.1 Å². The van der Waals surface area contributed by atoms with Crippen LogP contribution in [0.25, 0.3) is 21.8 Å². The van der Waals surface area contributed by atoms with Gasteiger partial charge in [0.05, 0.1) is 24.3 Å². The lowest BCUT2D eigenvalue weighted by Gasteiger charge is -2.29. The van der Waals surface area contributed by atoms with E-state index in [0.29, 0.717) is 64.5 Å². The molecule has 0 bridgehead atoms. The molecule has 6 heterocycles. The molecule has 65 heavy (non-hydrogen) atoms. The molecule has 16 nitrogen and oxygen atoms in total. The number of hydrogen-bond acceptors (Lipinski definition) is 16. The lowest BCUT2D eigenvalue weighted by molar-refractivity contribution is 0.0515. The number of nitrogens with two attached hydrogens (primary N) is 1. The van der Waals surface area contributed by atoms with Gasteiger partial charge in [0.2, 0.25) is 11.2 Å². The third-order valence-corrected chi connectivity index (χ3v) is 11.5. The minimum Gasteiger partial charge on any atom is -0.462 e. The van der Waals surface area contributed by atoms with E-state index in [1.807, 2.05) is 36.4 Å². The number of carbonyl (C=O) groups is 2. The highest BCUT2D eigenvalue weighted by molar-refractivity contribution is 6.34. The number of halogens is 3. The maximum Gasteiger partial charge on any atom is 0.341 e. The first-order valence-corrected chi connectivity index (χ1v) is 22.2. The van der Waals surface area contributed by atoms with E-state index >= 15 is 0 Å². The molecule has 0 radical (unpaired) electrons. The fourth-order valence-corrected chi connectivity index (χ4v) is 7.78. The summed E-state index contributed by atoms with van der Waals surface area (Å²) in [5.74, 6) is 2.64. The number of fused-ring (bicyclic) bond motifs is 2. The van der Waals surface area contributed by atoms with E-state index in [1.165, 1.54) is 37.6 Å². The van der Waals surface area contributed by atoms with Crippen molar-refractivity contribution in [1.82, 2.24) is 39.9 Å². The molecule has 348 valence electrons. The predicted octanol–water partition coefficient (Wildman–Crippen LogP) is 10.1. The summed E-state index contributed by atoms with van der Waals surface area (Å²) in [5, 5.41) is 13.3. The lowest BCUT2D eigenvalue weighted by Crippen LogP contribution is -2.29. The molecule has 6 aromatic rings. The third-order valence-electron chi connectivity index (χ3n) is 10.7. The zero-order valence-electron chi connectivity index (χ0n) is 35.1. The number of anilines is 3. The molecule has 8 rings (SSSR count). The van der Waals surface area contributed by atoms with Crippen LogP contribution < -0.4 is 21.7 Å². The zero-order valence-corrected chi connectivity index (χ0v) is 37.4. The summed E-state index contributed by atoms with van der Waals surface area (Å²) in [6, 6.07) is 12.7. The molecule has 19 heteroatoms. The van der Waals surface area contributed by atoms with Gasteiger partial charge in [0.1, 0.15) is 22.7 Å². The average Bonchev–Trinajstić information content (AvgIpc) is 3.30. The molecule has 2 fully saturated rings. The van der Waals surface area contributed by atoms with Crippen molar-refractivity contribution < 1.29 is 19.1 Å². The molecule has 0 aliphatic heterocycles. The second-order valence-electron chi connectivity index (χ2n) is 15.1. The summed E-state index contributed by atoms with van der Waals surface area (Å²) in [6.07, 6.45) is 18.1. The number of esters is 2. The Labute approximate surface area is 395 Å². The largest absolute Gasteiger partial charge is 0.462 e. The second kappa shape index (κ2) is 26.4. The zero-order chi connectivity index (χ0) is 44.6. The molecule has 0 amide bonds. The van der Waals surface area contributed by atoms with Crippen molar-refractivity contribution in [3.8, 4) is 0 Å². The number of ether oxygens (including phenoxy) is 2. The van der Waals surface area contributed by atoms with Crippen molar-refractivity contribution in [2.24, 2.45) is 17.6 Å². The van der Waals surface area contributed by atoms with E-state index in [4.69, 9.17) is 50.0 Å². The minimum atomic E-state index is -0.436. The van der Waals surface area contributed by atoms with Gasteiger partial charge < -0.3 is 31.2 Å². The fraction of sp³-hybridized carbons (Fsp3) is 0.435. The van der Waals surface area contributed by atoms with Crippen LogP contribution in [0.4, 0.5) is 17.6 Å². The van der Waals surface area contributed by atoms with Crippen LogP contribution >= 0.6 is 34.8 Å². The summed E-state index contributed by atoms with van der Waals surface area (Å²) >= 11 is 17.7. The van der Waals surface area contributed by atoms with Gasteiger partial charge in [-0.1, -0.05) is 38.1 Å². The summed E-state index contributed by atoms with van der Waals surface area (Å²) in [7, 11) is 0. The minimum absolute atomic E-state index is 0. The van der Waals surface area contributed by atoms with E-state index in [2.05, 4.69) is 55.8 Å². The maximum atomic E-state index is 11.7. The van der Waals surface area contributed by atoms with Crippen LogP contribution in [0.15, 0.2) is 73.6 Å². The number of rotatable bonds is 12. The molecule has 2 aliphatic carbocycles. The quantitative estimate of drug-likeness (QED) is 0.0509. The van der Waals surface area contributed by atoms with Crippen LogP contribution in [0, 0.1) is 11.8 Å². The van der Waals surface area contributed by atoms with Crippen molar-refractivity contribution in [3.05, 3.63) is 100 Å². The highest BCUT2D eigenvalue weighted by Crippen LogP contribution is 2.29. The van der Waals surface area contributed by atoms with Crippen LogP contribution in [-0.4, -0.2) is 90.2 Å². The number of hydrogen-bond donors (Lipinski definition) is 4. The van der Waals surface area contributed by atoms with Crippen LogP contribution in [0.1, 0.15) is 101 Å². The Hall–Kier alpha value is -5.55. The Kier molecular flexibility index (Phi) is 21.2. The first kappa shape index (κ1) is 52.1. The standard InChI is InChI=1S/C22H25ClN6O2.C15H19ClN4.C7H7ClN2O2.2CH4/c1-2-31-21(30)16-12-26-22(27-13-16)25-11-14-3-6-17(7-4-14)28-18-8-5-15-9-10-24-20(23)19(15)29-18;16-15-14-11(7-8-18-15)3-6-13(20-14)19-12-4-1-10(9-17)2-5-12;1-2-12-6(11)5-3-9-7(8)10-4-5;;/h5,8-10,12-14,17H,2-4,6-7,11H2,1H3,(H,28,29)(H,25,26,27);3,6-8,10,12H,1-2,4-5,9,17H2,(H,19,20);3-4H,2H2,1H3;2*1H4. The Morgan fingerprint density at radius 2 is 1.05 bits per heavy atom. The smallest absolute Gasteiger partial charge is 0.341 e. The maximum absolute atomic E-state index is 11.7. The number of nitrogens with one attached hydrogen (secondary N) is 3. The van der Waals surface area contributed by atoms with Crippen LogP contribution in [0.5, 0.6) is 0 Å². The van der Waals surface area contributed by atoms with Gasteiger partial charge in [-0.25, -0.2) is 49.5 Å². The van der Waals surface area contributed by atoms with Gasteiger partial charge in [-0.3, -0.25) is 0 Å². The van der Waals surface area contributed by atoms with Gasteiger partial charge in [0.25, 0.3) is 0 Å². The summed E-state index contributed by atoms with van der Waals surface area (Å²) in [5.41, 5.74) is 7.87. The molecular weight excluding hydrogens is 891 g/mol. The monoisotopic (exact) mass is 948 g/mol. The van der Waals surface area contributed by atoms with Crippen LogP contribution in [0.3, 0.4) is 0 Å². The molecule has 0 spiro atoms. The summed E-state index contributed by atoms with van der Waals surface area (Å²) in [4.78, 5) is 55.8. The van der Waals surface area contributed by atoms with E-state index in [9.17, 15) is 9.59 Å². The van der Waals surface area contributed by atoms with Gasteiger partial charge >= 0.3 is 11.9 Å². The van der Waals surface area contributed by atoms with Gasteiger partial charge in [-0.05, 0) is 132 Å². The van der Waals surface area contributed by atoms with Crippen molar-refractivity contribution >= 4 is 86.1 Å². The topological polar surface area (TPSA) is 218 Å². The van der Waals surface area contributed by atoms with Crippen molar-refractivity contribution in [3.63, 3.8) is 0 Å². The first-order valence-electron chi connectivity index (χ1n) is 21.1. The number of nitrogens with zero attached hydrogens (tertiary/aromatic N) is 8. The normalized spacial score (nSPS) is 17.6. The molecule has 0 unspecified atom stereocenters. The molecule has 2 aliphatic rings. The number of pyridine rings is 4. The molecule has 0 saturated heterocycles. The van der Waals surface area contributed by atoms with Gasteiger partial charge in [-0.2, -0.15) is 0 Å². The van der Waals surface area contributed by atoms with E-state index < -0.39 is 11.9 Å². The van der Waals surface area contributed by atoms with Crippen molar-refractivity contribution in [2.75, 3.05) is 42.3 Å². The van der Waals surface area contributed by atoms with E-state index in [1.54, 1.807) is 26.2 Å². The highest BCUT2D eigenvalue weighted by atomic mass is 35.5. The fourth-order valence-electron chi connectivity index (χ4n) is 7.27. The van der Waals surface area contributed by atoms with Gasteiger partial charge in [0, 0.05) is 66.6 Å². The third kappa shape index (κ3) is 15.5. The van der Waals surface area contributed by atoms with Gasteiger partial charge in [0.15, 0.2) is 10.3 Å². The SMILES string of the molecule is C.C.CCOC(=O)c1cnc(Cl)nc1.CCOC(=O)c1cnc(NCC2CCC(Nc3ccc4ccnc(Cl)c4n3)CC2)nc1.NCC1CCC(Nc2ccc3ccnc(Cl)c3n2)CC1.